The summed E-state index contributed by atoms with van der Waals surface area (Å²) in [6.45, 7) is 3.21. The van der Waals surface area contributed by atoms with Gasteiger partial charge in [0.2, 0.25) is 5.91 Å². The minimum absolute atomic E-state index is 0.105. The number of anilines is 1. The summed E-state index contributed by atoms with van der Waals surface area (Å²) in [4.78, 5) is 41.1. The van der Waals surface area contributed by atoms with Crippen molar-refractivity contribution in [1.29, 1.82) is 0 Å². The van der Waals surface area contributed by atoms with Crippen LogP contribution in [0.5, 0.6) is 0 Å². The van der Waals surface area contributed by atoms with Gasteiger partial charge in [0.25, 0.3) is 0 Å². The predicted octanol–water partition coefficient (Wildman–Crippen LogP) is 4.51. The molecule has 1 aromatic heterocycles. The average Bonchev–Trinajstić information content (AvgIpc) is 3.14. The second-order valence-electron chi connectivity index (χ2n) is 6.26. The minimum atomic E-state index is -0.574. The molecule has 0 aliphatic carbocycles. The van der Waals surface area contributed by atoms with Gasteiger partial charge in [0.05, 0.1) is 10.7 Å². The lowest BCUT2D eigenvalue weighted by molar-refractivity contribution is -0.115. The molecule has 0 fully saturated rings. The number of hydrogen-bond acceptors (Lipinski definition) is 6. The van der Waals surface area contributed by atoms with Crippen LogP contribution >= 0.6 is 11.3 Å². The number of aryl methyl sites for hydroxylation is 1. The van der Waals surface area contributed by atoms with Gasteiger partial charge in [0.1, 0.15) is 4.88 Å². The third kappa shape index (κ3) is 5.14. The van der Waals surface area contributed by atoms with E-state index in [9.17, 15) is 14.4 Å². The Morgan fingerprint density at radius 2 is 1.72 bits per heavy atom. The van der Waals surface area contributed by atoms with E-state index < -0.39 is 5.97 Å². The molecule has 0 saturated carbocycles. The van der Waals surface area contributed by atoms with Crippen molar-refractivity contribution in [2.24, 2.45) is 0 Å². The average molecular weight is 408 g/mol. The van der Waals surface area contributed by atoms with Crippen molar-refractivity contribution in [3.05, 3.63) is 70.0 Å². The first-order valence-electron chi connectivity index (χ1n) is 9.11. The first-order valence-corrected chi connectivity index (χ1v) is 9.92. The normalized spacial score (nSPS) is 10.4. The maximum absolute atomic E-state index is 12.5. The SMILES string of the molecule is CCC(=O)Nc1ccc(C(=O)COC(=O)c2sc(C)nc2-c2ccccc2)cc1. The van der Waals surface area contributed by atoms with E-state index in [1.807, 2.05) is 37.3 Å². The Morgan fingerprint density at radius 1 is 1.03 bits per heavy atom. The molecule has 3 rings (SSSR count). The largest absolute Gasteiger partial charge is 0.453 e. The number of ether oxygens (including phenoxy) is 1. The lowest BCUT2D eigenvalue weighted by atomic mass is 10.1. The van der Waals surface area contributed by atoms with E-state index in [2.05, 4.69) is 10.3 Å². The molecule has 2 aromatic carbocycles. The number of benzene rings is 2. The molecule has 148 valence electrons. The van der Waals surface area contributed by atoms with Gasteiger partial charge in [-0.25, -0.2) is 9.78 Å². The van der Waals surface area contributed by atoms with Gasteiger partial charge in [-0.05, 0) is 31.2 Å². The van der Waals surface area contributed by atoms with Crippen molar-refractivity contribution in [3.63, 3.8) is 0 Å². The van der Waals surface area contributed by atoms with E-state index in [4.69, 9.17) is 4.74 Å². The van der Waals surface area contributed by atoms with E-state index in [0.717, 1.165) is 10.6 Å². The van der Waals surface area contributed by atoms with Gasteiger partial charge in [0, 0.05) is 23.2 Å². The third-order valence-corrected chi connectivity index (χ3v) is 5.06. The minimum Gasteiger partial charge on any atom is -0.453 e. The summed E-state index contributed by atoms with van der Waals surface area (Å²) < 4.78 is 5.24. The Morgan fingerprint density at radius 3 is 2.38 bits per heavy atom. The number of rotatable bonds is 7. The molecule has 29 heavy (non-hydrogen) atoms. The Kier molecular flexibility index (Phi) is 6.51. The molecule has 0 saturated heterocycles. The molecular formula is C22H20N2O4S. The Balaban J connectivity index is 1.65. The zero-order valence-corrected chi connectivity index (χ0v) is 16.9. The molecule has 0 spiro atoms. The Labute approximate surface area is 172 Å². The van der Waals surface area contributed by atoms with Crippen LogP contribution in [0.15, 0.2) is 54.6 Å². The highest BCUT2D eigenvalue weighted by atomic mass is 32.1. The summed E-state index contributed by atoms with van der Waals surface area (Å²) in [6.07, 6.45) is 0.374. The van der Waals surface area contributed by atoms with E-state index in [0.29, 0.717) is 28.2 Å². The highest BCUT2D eigenvalue weighted by Crippen LogP contribution is 2.28. The molecule has 0 bridgehead atoms. The van der Waals surface area contributed by atoms with Gasteiger partial charge in [0.15, 0.2) is 12.4 Å². The Bertz CT molecular complexity index is 1030. The number of ketones is 1. The molecular weight excluding hydrogens is 388 g/mol. The van der Waals surface area contributed by atoms with Crippen LogP contribution in [0.25, 0.3) is 11.3 Å². The summed E-state index contributed by atoms with van der Waals surface area (Å²) >= 11 is 1.24. The fourth-order valence-corrected chi connectivity index (χ4v) is 3.46. The fraction of sp³-hybridized carbons (Fsp3) is 0.182. The third-order valence-electron chi connectivity index (χ3n) is 4.11. The number of carbonyl (C=O) groups excluding carboxylic acids is 3. The van der Waals surface area contributed by atoms with Crippen LogP contribution in [0.1, 0.15) is 38.4 Å². The van der Waals surface area contributed by atoms with Gasteiger partial charge in [-0.3, -0.25) is 9.59 Å². The summed E-state index contributed by atoms with van der Waals surface area (Å²) in [5.41, 5.74) is 2.38. The molecule has 0 unspecified atom stereocenters. The lowest BCUT2D eigenvalue weighted by Gasteiger charge is -2.06. The highest BCUT2D eigenvalue weighted by molar-refractivity contribution is 7.14. The van der Waals surface area contributed by atoms with Crippen molar-refractivity contribution in [2.75, 3.05) is 11.9 Å². The van der Waals surface area contributed by atoms with Crippen molar-refractivity contribution >= 4 is 34.7 Å². The second-order valence-corrected chi connectivity index (χ2v) is 7.46. The van der Waals surface area contributed by atoms with Crippen LogP contribution in [0.3, 0.4) is 0 Å². The maximum Gasteiger partial charge on any atom is 0.351 e. The quantitative estimate of drug-likeness (QED) is 0.459. The van der Waals surface area contributed by atoms with Crippen LogP contribution in [-0.4, -0.2) is 29.3 Å². The van der Waals surface area contributed by atoms with E-state index in [-0.39, 0.29) is 18.3 Å². The van der Waals surface area contributed by atoms with Gasteiger partial charge >= 0.3 is 5.97 Å². The smallest absolute Gasteiger partial charge is 0.351 e. The van der Waals surface area contributed by atoms with Crippen LogP contribution < -0.4 is 5.32 Å². The summed E-state index contributed by atoms with van der Waals surface area (Å²) in [5.74, 6) is -1.00. The number of amides is 1. The van der Waals surface area contributed by atoms with Crippen LogP contribution in [0.2, 0.25) is 0 Å². The number of aromatic nitrogens is 1. The molecule has 1 heterocycles. The number of esters is 1. The number of nitrogens with zero attached hydrogens (tertiary/aromatic N) is 1. The van der Waals surface area contributed by atoms with E-state index in [1.165, 1.54) is 11.3 Å². The number of Topliss-reactive ketones (excluding diaryl/α,β-unsaturated/α-hetero) is 1. The second kappa shape index (κ2) is 9.25. The molecule has 1 amide bonds. The monoisotopic (exact) mass is 408 g/mol. The van der Waals surface area contributed by atoms with E-state index >= 15 is 0 Å². The standard InChI is InChI=1S/C22H20N2O4S/c1-3-19(26)24-17-11-9-15(10-12-17)18(25)13-28-22(27)21-20(23-14(2)29-21)16-7-5-4-6-8-16/h4-12H,3,13H2,1-2H3,(H,24,26). The van der Waals surface area contributed by atoms with Gasteiger partial charge in [-0.15, -0.1) is 11.3 Å². The molecule has 0 radical (unpaired) electrons. The number of nitrogens with one attached hydrogen (secondary N) is 1. The number of carbonyl (C=O) groups is 3. The molecule has 0 aliphatic rings. The van der Waals surface area contributed by atoms with Crippen molar-refractivity contribution in [2.45, 2.75) is 20.3 Å². The van der Waals surface area contributed by atoms with E-state index in [1.54, 1.807) is 31.2 Å². The molecule has 3 aromatic rings. The fourth-order valence-electron chi connectivity index (χ4n) is 2.63. The molecule has 6 nitrogen and oxygen atoms in total. The zero-order valence-electron chi connectivity index (χ0n) is 16.1. The van der Waals surface area contributed by atoms with Gasteiger partial charge in [-0.1, -0.05) is 37.3 Å². The topological polar surface area (TPSA) is 85.4 Å². The van der Waals surface area contributed by atoms with Crippen LogP contribution in [0, 0.1) is 6.92 Å². The van der Waals surface area contributed by atoms with Crippen molar-refractivity contribution in [3.8, 4) is 11.3 Å². The van der Waals surface area contributed by atoms with Gasteiger partial charge < -0.3 is 10.1 Å². The predicted molar refractivity (Wildman–Crippen MR) is 112 cm³/mol. The van der Waals surface area contributed by atoms with Gasteiger partial charge in [-0.2, -0.15) is 0 Å². The van der Waals surface area contributed by atoms with Crippen molar-refractivity contribution < 1.29 is 19.1 Å². The summed E-state index contributed by atoms with van der Waals surface area (Å²) in [7, 11) is 0. The molecule has 7 heteroatoms. The molecule has 0 atom stereocenters. The van der Waals surface area contributed by atoms with Crippen LogP contribution in [0.4, 0.5) is 5.69 Å². The summed E-state index contributed by atoms with van der Waals surface area (Å²) in [5, 5.41) is 3.45. The zero-order chi connectivity index (χ0) is 20.8. The van der Waals surface area contributed by atoms with Crippen molar-refractivity contribution in [1.82, 2.24) is 4.98 Å². The number of hydrogen-bond donors (Lipinski definition) is 1. The summed E-state index contributed by atoms with van der Waals surface area (Å²) in [6, 6.07) is 15.8. The Hall–Kier alpha value is -3.32. The van der Waals surface area contributed by atoms with Crippen LogP contribution in [-0.2, 0) is 9.53 Å². The maximum atomic E-state index is 12.5. The highest BCUT2D eigenvalue weighted by Gasteiger charge is 2.20. The number of thiazole rings is 1. The first-order chi connectivity index (χ1) is 14.0. The lowest BCUT2D eigenvalue weighted by Crippen LogP contribution is -2.14. The first kappa shape index (κ1) is 20.4. The molecule has 0 aliphatic heterocycles. The molecule has 1 N–H and O–H groups in total.